The van der Waals surface area contributed by atoms with E-state index in [0.29, 0.717) is 27.6 Å². The average molecular weight is 240 g/mol. The van der Waals surface area contributed by atoms with Crippen LogP contribution in [0.5, 0.6) is 0 Å². The summed E-state index contributed by atoms with van der Waals surface area (Å²) in [6, 6.07) is 3.26. The van der Waals surface area contributed by atoms with E-state index in [1.54, 1.807) is 26.0 Å². The summed E-state index contributed by atoms with van der Waals surface area (Å²) >= 11 is 6.01. The lowest BCUT2D eigenvalue weighted by molar-refractivity contribution is -0.138. The fourth-order valence-corrected chi connectivity index (χ4v) is 1.87. The molecule has 1 aromatic heterocycles. The molecule has 0 saturated carbocycles. The van der Waals surface area contributed by atoms with Gasteiger partial charge in [0.05, 0.1) is 5.92 Å². The molecule has 1 heterocycles. The molecule has 1 aromatic carbocycles. The van der Waals surface area contributed by atoms with E-state index in [9.17, 15) is 4.79 Å². The summed E-state index contributed by atoms with van der Waals surface area (Å²) < 4.78 is 5.33. The molecule has 0 amide bonds. The third-order valence-corrected chi connectivity index (χ3v) is 2.78. The summed E-state index contributed by atoms with van der Waals surface area (Å²) in [7, 11) is 0. The molecule has 0 fully saturated rings. The van der Waals surface area contributed by atoms with E-state index in [1.165, 1.54) is 0 Å². The number of rotatable bonds is 2. The molecule has 1 N–H and O–H groups in total. The minimum absolute atomic E-state index is 0.399. The molecule has 5 heteroatoms. The van der Waals surface area contributed by atoms with Gasteiger partial charge in [-0.25, -0.2) is 4.98 Å². The van der Waals surface area contributed by atoms with Crippen molar-refractivity contribution in [3.8, 4) is 0 Å². The van der Waals surface area contributed by atoms with Gasteiger partial charge in [0.25, 0.3) is 0 Å². The molecule has 0 saturated heterocycles. The average Bonchev–Trinajstić information content (AvgIpc) is 2.54. The summed E-state index contributed by atoms with van der Waals surface area (Å²) in [5.74, 6) is -1.05. The number of carboxylic acids is 1. The number of aliphatic carboxylic acids is 1. The number of carbonyl (C=O) groups is 1. The van der Waals surface area contributed by atoms with Gasteiger partial charge in [-0.05, 0) is 24.6 Å². The third-order valence-electron chi connectivity index (χ3n) is 2.45. The van der Waals surface area contributed by atoms with Gasteiger partial charge in [-0.1, -0.05) is 11.6 Å². The van der Waals surface area contributed by atoms with Crippen LogP contribution >= 0.6 is 11.6 Å². The normalized spacial score (nSPS) is 12.9. The number of aryl methyl sites for hydroxylation is 1. The minimum Gasteiger partial charge on any atom is -0.481 e. The van der Waals surface area contributed by atoms with Crippen LogP contribution in [0.2, 0.25) is 5.02 Å². The van der Waals surface area contributed by atoms with Gasteiger partial charge < -0.3 is 9.52 Å². The lowest BCUT2D eigenvalue weighted by Gasteiger charge is -2.07. The quantitative estimate of drug-likeness (QED) is 0.875. The highest BCUT2D eigenvalue weighted by Gasteiger charge is 2.19. The maximum atomic E-state index is 10.9. The number of halogens is 1. The molecule has 84 valence electrons. The Morgan fingerprint density at radius 1 is 1.56 bits per heavy atom. The van der Waals surface area contributed by atoms with Crippen molar-refractivity contribution in [1.29, 1.82) is 0 Å². The zero-order valence-electron chi connectivity index (χ0n) is 8.82. The van der Waals surface area contributed by atoms with Crippen LogP contribution < -0.4 is 0 Å². The standard InChI is InChI=1S/C11H10ClNO3/c1-5(11(14)15)7-3-10-9(4-8(7)12)13-6(2)16-10/h3-5H,1-2H3,(H,14,15). The van der Waals surface area contributed by atoms with E-state index in [1.807, 2.05) is 0 Å². The number of hydrogen-bond donors (Lipinski definition) is 1. The Bertz CT molecular complexity index is 562. The summed E-state index contributed by atoms with van der Waals surface area (Å²) in [6.45, 7) is 3.31. The Balaban J connectivity index is 2.61. The summed E-state index contributed by atoms with van der Waals surface area (Å²) in [6.07, 6.45) is 0. The van der Waals surface area contributed by atoms with Gasteiger partial charge in [0, 0.05) is 11.9 Å². The van der Waals surface area contributed by atoms with Gasteiger partial charge in [-0.15, -0.1) is 0 Å². The molecule has 0 bridgehead atoms. The number of aromatic nitrogens is 1. The van der Waals surface area contributed by atoms with Crippen molar-refractivity contribution in [3.05, 3.63) is 28.6 Å². The van der Waals surface area contributed by atoms with Crippen LogP contribution in [0.15, 0.2) is 16.5 Å². The van der Waals surface area contributed by atoms with Crippen LogP contribution in [0.1, 0.15) is 24.3 Å². The van der Waals surface area contributed by atoms with Crippen LogP contribution in [0.25, 0.3) is 11.1 Å². The summed E-state index contributed by atoms with van der Waals surface area (Å²) in [5.41, 5.74) is 1.74. The first-order chi connectivity index (χ1) is 7.49. The second-order valence-corrected chi connectivity index (χ2v) is 4.04. The number of benzene rings is 1. The number of oxazole rings is 1. The molecule has 0 spiro atoms. The predicted molar refractivity (Wildman–Crippen MR) is 59.8 cm³/mol. The van der Waals surface area contributed by atoms with E-state index in [0.717, 1.165) is 0 Å². The van der Waals surface area contributed by atoms with Crippen LogP contribution in [-0.2, 0) is 4.79 Å². The van der Waals surface area contributed by atoms with Crippen molar-refractivity contribution >= 4 is 28.7 Å². The fourth-order valence-electron chi connectivity index (χ4n) is 1.54. The van der Waals surface area contributed by atoms with E-state index < -0.39 is 11.9 Å². The monoisotopic (exact) mass is 239 g/mol. The van der Waals surface area contributed by atoms with E-state index in [2.05, 4.69) is 4.98 Å². The molecule has 0 aliphatic heterocycles. The molecule has 16 heavy (non-hydrogen) atoms. The molecular formula is C11H10ClNO3. The number of nitrogens with zero attached hydrogens (tertiary/aromatic N) is 1. The van der Waals surface area contributed by atoms with E-state index >= 15 is 0 Å². The van der Waals surface area contributed by atoms with Crippen molar-refractivity contribution in [1.82, 2.24) is 4.98 Å². The highest BCUT2D eigenvalue weighted by atomic mass is 35.5. The van der Waals surface area contributed by atoms with Gasteiger partial charge >= 0.3 is 5.97 Å². The van der Waals surface area contributed by atoms with E-state index in [-0.39, 0.29) is 0 Å². The fraction of sp³-hybridized carbons (Fsp3) is 0.273. The first-order valence-corrected chi connectivity index (χ1v) is 5.16. The molecule has 4 nitrogen and oxygen atoms in total. The van der Waals surface area contributed by atoms with Gasteiger partial charge in [-0.3, -0.25) is 4.79 Å². The molecule has 1 unspecified atom stereocenters. The molecule has 1 atom stereocenters. The largest absolute Gasteiger partial charge is 0.481 e. The smallest absolute Gasteiger partial charge is 0.310 e. The Hall–Kier alpha value is -1.55. The highest BCUT2D eigenvalue weighted by molar-refractivity contribution is 6.32. The number of carboxylic acid groups (broad SMARTS) is 1. The lowest BCUT2D eigenvalue weighted by Crippen LogP contribution is -2.07. The predicted octanol–water partition coefficient (Wildman–Crippen LogP) is 2.98. The van der Waals surface area contributed by atoms with Crippen LogP contribution in [0.3, 0.4) is 0 Å². The van der Waals surface area contributed by atoms with Crippen molar-refractivity contribution in [2.24, 2.45) is 0 Å². The second kappa shape index (κ2) is 3.79. The molecular weight excluding hydrogens is 230 g/mol. The number of hydrogen-bond acceptors (Lipinski definition) is 3. The molecule has 0 radical (unpaired) electrons. The highest BCUT2D eigenvalue weighted by Crippen LogP contribution is 2.29. The maximum absolute atomic E-state index is 10.9. The Morgan fingerprint density at radius 3 is 2.88 bits per heavy atom. The Kier molecular flexibility index (Phi) is 2.59. The van der Waals surface area contributed by atoms with Gasteiger partial charge in [-0.2, -0.15) is 0 Å². The molecule has 0 aliphatic carbocycles. The first-order valence-electron chi connectivity index (χ1n) is 4.78. The topological polar surface area (TPSA) is 63.3 Å². The SMILES string of the molecule is Cc1nc2cc(Cl)c(C(C)C(=O)O)cc2o1. The molecule has 0 aliphatic rings. The second-order valence-electron chi connectivity index (χ2n) is 3.63. The zero-order chi connectivity index (χ0) is 11.9. The lowest BCUT2D eigenvalue weighted by atomic mass is 10.0. The summed E-state index contributed by atoms with van der Waals surface area (Å²) in [5, 5.41) is 9.33. The van der Waals surface area contributed by atoms with Crippen molar-refractivity contribution < 1.29 is 14.3 Å². The van der Waals surface area contributed by atoms with E-state index in [4.69, 9.17) is 21.1 Å². The van der Waals surface area contributed by atoms with Gasteiger partial charge in [0.1, 0.15) is 5.52 Å². The summed E-state index contributed by atoms with van der Waals surface area (Å²) in [4.78, 5) is 15.0. The van der Waals surface area contributed by atoms with Crippen molar-refractivity contribution in [2.45, 2.75) is 19.8 Å². The number of fused-ring (bicyclic) bond motifs is 1. The van der Waals surface area contributed by atoms with Gasteiger partial charge in [0.2, 0.25) is 0 Å². The van der Waals surface area contributed by atoms with Crippen LogP contribution in [-0.4, -0.2) is 16.1 Å². The molecule has 2 aromatic rings. The maximum Gasteiger partial charge on any atom is 0.310 e. The third kappa shape index (κ3) is 1.76. The zero-order valence-corrected chi connectivity index (χ0v) is 9.58. The first kappa shape index (κ1) is 11.0. The van der Waals surface area contributed by atoms with Crippen molar-refractivity contribution in [2.75, 3.05) is 0 Å². The Labute approximate surface area is 96.8 Å². The van der Waals surface area contributed by atoms with Crippen LogP contribution in [0.4, 0.5) is 0 Å². The van der Waals surface area contributed by atoms with Gasteiger partial charge in [0.15, 0.2) is 11.5 Å². The van der Waals surface area contributed by atoms with Crippen molar-refractivity contribution in [3.63, 3.8) is 0 Å². The van der Waals surface area contributed by atoms with Crippen LogP contribution in [0, 0.1) is 6.92 Å². The Morgan fingerprint density at radius 2 is 2.25 bits per heavy atom. The molecule has 2 rings (SSSR count). The minimum atomic E-state index is -0.919.